The number of hydrogen-bond donors (Lipinski definition) is 3. The zero-order valence-corrected chi connectivity index (χ0v) is 22.4. The van der Waals surface area contributed by atoms with E-state index in [9.17, 15) is 29.7 Å². The summed E-state index contributed by atoms with van der Waals surface area (Å²) in [6.45, 7) is 10.5. The van der Waals surface area contributed by atoms with Gasteiger partial charge in [-0.1, -0.05) is 27.7 Å². The highest BCUT2D eigenvalue weighted by molar-refractivity contribution is 7.94. The van der Waals surface area contributed by atoms with Crippen molar-refractivity contribution in [3.05, 3.63) is 45.1 Å². The normalized spacial score (nSPS) is 13.3. The van der Waals surface area contributed by atoms with Crippen LogP contribution in [-0.4, -0.2) is 31.9 Å². The van der Waals surface area contributed by atoms with Gasteiger partial charge in [0.05, 0.1) is 23.7 Å². The van der Waals surface area contributed by atoms with Crippen molar-refractivity contribution in [1.82, 2.24) is 9.71 Å². The number of carbonyl (C=O) groups is 1. The molecule has 2 aromatic rings. The summed E-state index contributed by atoms with van der Waals surface area (Å²) in [6.07, 6.45) is 1.46. The molecule has 0 aliphatic carbocycles. The summed E-state index contributed by atoms with van der Waals surface area (Å²) in [5.74, 6) is -0.659. The molecule has 188 valence electrons. The number of nitrogens with zero attached hydrogens (tertiary/aromatic N) is 4. The molecule has 1 aromatic heterocycles. The van der Waals surface area contributed by atoms with Crippen LogP contribution in [-0.2, 0) is 33.2 Å². The van der Waals surface area contributed by atoms with Gasteiger partial charge in [0.1, 0.15) is 14.8 Å². The molecule has 1 aromatic carbocycles. The van der Waals surface area contributed by atoms with E-state index >= 15 is 0 Å². The van der Waals surface area contributed by atoms with Crippen LogP contribution in [0.25, 0.3) is 0 Å². The van der Waals surface area contributed by atoms with Crippen LogP contribution in [0, 0.1) is 22.8 Å². The van der Waals surface area contributed by atoms with Gasteiger partial charge in [-0.05, 0) is 54.5 Å². The van der Waals surface area contributed by atoms with Crippen molar-refractivity contribution in [2.75, 3.05) is 6.61 Å². The minimum atomic E-state index is -3.76. The predicted molar refractivity (Wildman–Crippen MR) is 134 cm³/mol. The number of aliphatic hydroxyl groups is 2. The monoisotopic (exact) mass is 517 g/mol. The van der Waals surface area contributed by atoms with Crippen LogP contribution < -0.4 is 4.72 Å². The van der Waals surface area contributed by atoms with Crippen molar-refractivity contribution in [3.63, 3.8) is 0 Å². The maximum atomic E-state index is 13.8. The number of benzene rings is 1. The molecule has 0 saturated carbocycles. The standard InChI is InChI=1S/C24H31N5O4S2/c1-14(2)17-9-16(12-25)10-18(15(3)4)19(17)11-21(31)29-35(33,27-13-26)22-20(7-8-30)28-23(34-22)24(5,6)32/h9-10,14-15,30,32H,7-8,11H2,1-6H3,(H,27,29,31,33)/t35-/m0/s1. The molecule has 0 bridgehead atoms. The molecule has 1 atom stereocenters. The lowest BCUT2D eigenvalue weighted by Crippen LogP contribution is -2.21. The van der Waals surface area contributed by atoms with Gasteiger partial charge in [0, 0.05) is 13.0 Å². The van der Waals surface area contributed by atoms with Crippen molar-refractivity contribution in [2.45, 2.75) is 76.0 Å². The third-order valence-electron chi connectivity index (χ3n) is 5.22. The first kappa shape index (κ1) is 28.4. The van der Waals surface area contributed by atoms with Gasteiger partial charge in [0.2, 0.25) is 0 Å². The van der Waals surface area contributed by atoms with E-state index in [-0.39, 0.29) is 46.2 Å². The van der Waals surface area contributed by atoms with E-state index in [0.29, 0.717) is 5.56 Å². The highest BCUT2D eigenvalue weighted by atomic mass is 32.2. The molecule has 0 fully saturated rings. The molecule has 3 N–H and O–H groups in total. The molecule has 1 amide bonds. The second-order valence-electron chi connectivity index (χ2n) is 9.24. The second kappa shape index (κ2) is 11.3. The molecule has 0 aliphatic heterocycles. The van der Waals surface area contributed by atoms with Gasteiger partial charge in [0.15, 0.2) is 16.1 Å². The van der Waals surface area contributed by atoms with Gasteiger partial charge in [-0.3, -0.25) is 4.79 Å². The van der Waals surface area contributed by atoms with Crippen molar-refractivity contribution < 1.29 is 19.2 Å². The molecule has 1 heterocycles. The summed E-state index contributed by atoms with van der Waals surface area (Å²) in [5, 5.41) is 38.8. The van der Waals surface area contributed by atoms with Gasteiger partial charge in [-0.2, -0.15) is 10.5 Å². The first-order chi connectivity index (χ1) is 16.3. The largest absolute Gasteiger partial charge is 0.396 e. The van der Waals surface area contributed by atoms with Crippen LogP contribution in [0.4, 0.5) is 0 Å². The fourth-order valence-electron chi connectivity index (χ4n) is 3.60. The number of aromatic nitrogens is 1. The zero-order valence-electron chi connectivity index (χ0n) is 20.7. The van der Waals surface area contributed by atoms with E-state index in [1.54, 1.807) is 18.3 Å². The number of carbonyl (C=O) groups excluding carboxylic acids is 1. The van der Waals surface area contributed by atoms with Crippen LogP contribution >= 0.6 is 11.3 Å². The second-order valence-corrected chi connectivity index (χ2v) is 12.3. The predicted octanol–water partition coefficient (Wildman–Crippen LogP) is 3.61. The third-order valence-corrected chi connectivity index (χ3v) is 8.92. The molecule has 35 heavy (non-hydrogen) atoms. The number of thiazole rings is 1. The van der Waals surface area contributed by atoms with Crippen LogP contribution in [0.15, 0.2) is 20.7 Å². The summed E-state index contributed by atoms with van der Waals surface area (Å²) in [5.41, 5.74) is 1.73. The Morgan fingerprint density at radius 2 is 1.80 bits per heavy atom. The summed E-state index contributed by atoms with van der Waals surface area (Å²) in [4.78, 5) is 17.5. The Kier molecular flexibility index (Phi) is 9.15. The van der Waals surface area contributed by atoms with Crippen LogP contribution in [0.2, 0.25) is 0 Å². The Morgan fingerprint density at radius 1 is 1.23 bits per heavy atom. The Hall–Kier alpha value is -2.83. The van der Waals surface area contributed by atoms with E-state index in [0.717, 1.165) is 28.0 Å². The highest BCUT2D eigenvalue weighted by Crippen LogP contribution is 2.33. The number of nitriles is 2. The lowest BCUT2D eigenvalue weighted by Gasteiger charge is -2.19. The molecule has 11 heteroatoms. The topological polar surface area (TPSA) is 159 Å². The minimum absolute atomic E-state index is 0.0142. The molecular formula is C24H31N5O4S2. The average Bonchev–Trinajstić information content (AvgIpc) is 3.19. The van der Waals surface area contributed by atoms with Crippen LogP contribution in [0.3, 0.4) is 0 Å². The lowest BCUT2D eigenvalue weighted by atomic mass is 9.85. The quantitative estimate of drug-likeness (QED) is 0.338. The maximum Gasteiger partial charge on any atom is 0.259 e. The summed E-state index contributed by atoms with van der Waals surface area (Å²) >= 11 is 0.879. The van der Waals surface area contributed by atoms with Gasteiger partial charge in [-0.15, -0.1) is 15.7 Å². The SMILES string of the molecule is CC(C)c1cc(C#N)cc(C(C)C)c1CC(=O)N=[S@@](=O)(NC#N)c1sc(C(C)(C)O)nc1CCO. The van der Waals surface area contributed by atoms with Crippen LogP contribution in [0.1, 0.15) is 86.3 Å². The highest BCUT2D eigenvalue weighted by Gasteiger charge is 2.29. The van der Waals surface area contributed by atoms with Crippen LogP contribution in [0.5, 0.6) is 0 Å². The van der Waals surface area contributed by atoms with Crippen molar-refractivity contribution in [2.24, 2.45) is 4.36 Å². The Bertz CT molecular complexity index is 1270. The fourth-order valence-corrected chi connectivity index (χ4v) is 6.53. The van der Waals surface area contributed by atoms with E-state index in [1.165, 1.54) is 13.8 Å². The smallest absolute Gasteiger partial charge is 0.259 e. The molecule has 0 saturated heterocycles. The average molecular weight is 518 g/mol. The molecule has 0 spiro atoms. The van der Waals surface area contributed by atoms with E-state index in [2.05, 4.69) is 20.1 Å². The van der Waals surface area contributed by atoms with E-state index < -0.39 is 21.4 Å². The molecule has 9 nitrogen and oxygen atoms in total. The summed E-state index contributed by atoms with van der Waals surface area (Å²) in [6, 6.07) is 5.66. The molecule has 0 unspecified atom stereocenters. The summed E-state index contributed by atoms with van der Waals surface area (Å²) < 4.78 is 19.9. The molecule has 0 aliphatic rings. The van der Waals surface area contributed by atoms with Gasteiger partial charge >= 0.3 is 0 Å². The third kappa shape index (κ3) is 6.65. The number of aliphatic hydroxyl groups excluding tert-OH is 1. The van der Waals surface area contributed by atoms with Gasteiger partial charge in [-0.25, -0.2) is 13.9 Å². The number of rotatable bonds is 9. The number of amides is 1. The molecule has 0 radical (unpaired) electrons. The molecular weight excluding hydrogens is 486 g/mol. The minimum Gasteiger partial charge on any atom is -0.396 e. The Balaban J connectivity index is 2.68. The number of nitrogens with one attached hydrogen (secondary N) is 1. The number of hydrogen-bond acceptors (Lipinski definition) is 8. The molecule has 2 rings (SSSR count). The van der Waals surface area contributed by atoms with Gasteiger partial charge < -0.3 is 10.2 Å². The van der Waals surface area contributed by atoms with Crippen molar-refractivity contribution in [1.29, 1.82) is 10.5 Å². The fraction of sp³-hybridized carbons (Fsp3) is 0.500. The van der Waals surface area contributed by atoms with Gasteiger partial charge in [0.25, 0.3) is 5.91 Å². The first-order valence-corrected chi connectivity index (χ1v) is 13.5. The van der Waals surface area contributed by atoms with E-state index in [1.807, 2.05) is 27.7 Å². The zero-order chi connectivity index (χ0) is 26.6. The lowest BCUT2D eigenvalue weighted by molar-refractivity contribution is -0.117. The summed E-state index contributed by atoms with van der Waals surface area (Å²) in [7, 11) is -3.76. The Morgan fingerprint density at radius 3 is 2.23 bits per heavy atom. The first-order valence-electron chi connectivity index (χ1n) is 11.1. The van der Waals surface area contributed by atoms with Crippen molar-refractivity contribution >= 4 is 27.2 Å². The van der Waals surface area contributed by atoms with E-state index in [4.69, 9.17) is 0 Å². The Labute approximate surface area is 210 Å². The maximum absolute atomic E-state index is 13.8. The van der Waals surface area contributed by atoms with Crippen molar-refractivity contribution in [3.8, 4) is 12.3 Å².